The van der Waals surface area contributed by atoms with Crippen molar-refractivity contribution in [3.05, 3.63) is 89.2 Å². The van der Waals surface area contributed by atoms with Crippen molar-refractivity contribution in [3.63, 3.8) is 0 Å². The lowest BCUT2D eigenvalue weighted by Gasteiger charge is -2.32. The van der Waals surface area contributed by atoms with Crippen molar-refractivity contribution in [3.8, 4) is 0 Å². The van der Waals surface area contributed by atoms with E-state index in [0.717, 1.165) is 24.1 Å². The zero-order chi connectivity index (χ0) is 24.4. The molecule has 0 fully saturated rings. The lowest BCUT2D eigenvalue weighted by atomic mass is 9.99. The van der Waals surface area contributed by atoms with E-state index < -0.39 is 17.6 Å². The van der Waals surface area contributed by atoms with Crippen LogP contribution in [0, 0.1) is 0 Å². The molecule has 33 heavy (non-hydrogen) atoms. The normalized spacial score (nSPS) is 12.4. The maximum absolute atomic E-state index is 13.3. The predicted octanol–water partition coefficient (Wildman–Crippen LogP) is 6.97. The summed E-state index contributed by atoms with van der Waals surface area (Å²) in [6.07, 6.45) is -0.787. The lowest BCUT2D eigenvalue weighted by molar-refractivity contribution is -0.137. The molecule has 4 rings (SSSR count). The van der Waals surface area contributed by atoms with Crippen LogP contribution in [-0.4, -0.2) is 17.4 Å². The highest BCUT2D eigenvalue weighted by atomic mass is 19.4. The molecule has 1 aromatic heterocycles. The summed E-state index contributed by atoms with van der Waals surface area (Å²) in [5.41, 5.74) is 2.59. The number of amides is 1. The second-order valence-electron chi connectivity index (χ2n) is 6.86. The monoisotopic (exact) mass is 457 g/mol. The van der Waals surface area contributed by atoms with Crippen LogP contribution in [0.2, 0.25) is 0 Å². The minimum absolute atomic E-state index is 0.140. The third kappa shape index (κ3) is 6.57. The third-order valence-electron chi connectivity index (χ3n) is 4.99. The number of aromatic nitrogens is 1. The number of nitrogens with one attached hydrogen (secondary N) is 1. The Morgan fingerprint density at radius 1 is 0.939 bits per heavy atom. The fourth-order valence-electron chi connectivity index (χ4n) is 3.49. The molecule has 176 valence electrons. The molecule has 1 N–H and O–H groups in total. The Labute approximate surface area is 193 Å². The van der Waals surface area contributed by atoms with Crippen LogP contribution in [0.5, 0.6) is 0 Å². The molecule has 2 heterocycles. The Morgan fingerprint density at radius 3 is 2.21 bits per heavy atom. The zero-order valence-corrected chi connectivity index (χ0v) is 19.4. The smallest absolute Gasteiger partial charge is 0.365 e. The number of carbonyl (C=O) groups is 1. The van der Waals surface area contributed by atoms with Gasteiger partial charge in [-0.1, -0.05) is 52.0 Å². The molecule has 0 radical (unpaired) electrons. The van der Waals surface area contributed by atoms with Gasteiger partial charge in [0, 0.05) is 31.0 Å². The molecular weight excluding hydrogens is 427 g/mol. The number of carbonyl (C=O) groups excluding carboxylic acids is 1. The van der Waals surface area contributed by atoms with Crippen molar-refractivity contribution in [2.75, 3.05) is 16.8 Å². The molecule has 1 aliphatic heterocycles. The minimum atomic E-state index is -4.50. The molecule has 7 heteroatoms. The maximum atomic E-state index is 13.3. The number of benzene rings is 2. The van der Waals surface area contributed by atoms with Crippen LogP contribution in [-0.2, 0) is 19.1 Å². The first-order chi connectivity index (χ1) is 15.9. The second-order valence-corrected chi connectivity index (χ2v) is 6.86. The highest BCUT2D eigenvalue weighted by molar-refractivity contribution is 6.06. The Kier molecular flexibility index (Phi) is 9.45. The van der Waals surface area contributed by atoms with Gasteiger partial charge < -0.3 is 10.2 Å². The molecule has 0 atom stereocenters. The van der Waals surface area contributed by atoms with Crippen molar-refractivity contribution in [2.45, 2.75) is 46.8 Å². The summed E-state index contributed by atoms with van der Waals surface area (Å²) in [6.45, 7) is 9.22. The van der Waals surface area contributed by atoms with Gasteiger partial charge in [0.25, 0.3) is 5.91 Å². The highest BCUT2D eigenvalue weighted by Gasteiger charge is 2.32. The summed E-state index contributed by atoms with van der Waals surface area (Å²) in [7, 11) is 0. The standard InChI is InChI=1S/C22H18F3N3O.2C2H6/c23-22(24,25)18-5-6-20(28-12-9-15-3-1-2-4-17(15)14-28)19(13-18)27-21(29)16-7-10-26-11-8-16;2*1-2/h1-8,10-11,13H,9,12,14H2,(H,27,29);2*1-2H3. The van der Waals surface area contributed by atoms with Gasteiger partial charge in [0.1, 0.15) is 0 Å². The first-order valence-electron chi connectivity index (χ1n) is 11.2. The molecule has 0 saturated carbocycles. The molecular formula is C26H30F3N3O. The average molecular weight is 458 g/mol. The van der Waals surface area contributed by atoms with Gasteiger partial charge in [0.05, 0.1) is 16.9 Å². The molecule has 0 unspecified atom stereocenters. The van der Waals surface area contributed by atoms with Crippen LogP contribution in [0.3, 0.4) is 0 Å². The first-order valence-corrected chi connectivity index (χ1v) is 11.2. The van der Waals surface area contributed by atoms with Crippen LogP contribution in [0.15, 0.2) is 67.0 Å². The van der Waals surface area contributed by atoms with E-state index in [1.807, 2.05) is 50.8 Å². The summed E-state index contributed by atoms with van der Waals surface area (Å²) < 4.78 is 39.8. The van der Waals surface area contributed by atoms with E-state index in [2.05, 4.69) is 16.4 Å². The summed E-state index contributed by atoms with van der Waals surface area (Å²) in [5, 5.41) is 2.65. The van der Waals surface area contributed by atoms with Gasteiger partial charge >= 0.3 is 6.18 Å². The van der Waals surface area contributed by atoms with E-state index in [-0.39, 0.29) is 5.69 Å². The van der Waals surface area contributed by atoms with Gasteiger partial charge in [-0.25, -0.2) is 0 Å². The van der Waals surface area contributed by atoms with Crippen LogP contribution in [0.1, 0.15) is 54.7 Å². The van der Waals surface area contributed by atoms with Crippen molar-refractivity contribution < 1.29 is 18.0 Å². The van der Waals surface area contributed by atoms with Crippen molar-refractivity contribution >= 4 is 17.3 Å². The Hall–Kier alpha value is -3.35. The topological polar surface area (TPSA) is 45.2 Å². The van der Waals surface area contributed by atoms with E-state index in [4.69, 9.17) is 0 Å². The molecule has 1 amide bonds. The summed E-state index contributed by atoms with van der Waals surface area (Å²) in [5.74, 6) is -0.481. The predicted molar refractivity (Wildman–Crippen MR) is 128 cm³/mol. The van der Waals surface area contributed by atoms with Gasteiger partial charge in [0.2, 0.25) is 0 Å². The Bertz CT molecular complexity index is 1040. The van der Waals surface area contributed by atoms with Crippen molar-refractivity contribution in [2.24, 2.45) is 0 Å². The van der Waals surface area contributed by atoms with Crippen LogP contribution in [0.25, 0.3) is 0 Å². The maximum Gasteiger partial charge on any atom is 0.416 e. The number of fused-ring (bicyclic) bond motifs is 1. The molecule has 3 aromatic rings. The van der Waals surface area contributed by atoms with E-state index in [1.165, 1.54) is 36.2 Å². The first kappa shape index (κ1) is 25.9. The zero-order valence-electron chi connectivity index (χ0n) is 19.4. The molecule has 4 nitrogen and oxygen atoms in total. The van der Waals surface area contributed by atoms with Gasteiger partial charge in [-0.05, 0) is 47.9 Å². The van der Waals surface area contributed by atoms with E-state index in [0.29, 0.717) is 24.3 Å². The lowest BCUT2D eigenvalue weighted by Crippen LogP contribution is -2.31. The summed E-state index contributed by atoms with van der Waals surface area (Å²) >= 11 is 0. The largest absolute Gasteiger partial charge is 0.416 e. The van der Waals surface area contributed by atoms with Crippen LogP contribution < -0.4 is 10.2 Å². The quantitative estimate of drug-likeness (QED) is 0.462. The number of rotatable bonds is 3. The van der Waals surface area contributed by atoms with Crippen molar-refractivity contribution in [1.29, 1.82) is 0 Å². The number of alkyl halides is 3. The SMILES string of the molecule is CC.CC.O=C(Nc1cc(C(F)(F)F)ccc1N1CCc2ccccc2C1)c1ccncc1. The molecule has 2 aromatic carbocycles. The van der Waals surface area contributed by atoms with E-state index >= 15 is 0 Å². The number of nitrogens with zero attached hydrogens (tertiary/aromatic N) is 2. The van der Waals surface area contributed by atoms with Gasteiger partial charge in [-0.15, -0.1) is 0 Å². The van der Waals surface area contributed by atoms with Gasteiger partial charge in [-0.3, -0.25) is 9.78 Å². The van der Waals surface area contributed by atoms with Gasteiger partial charge in [-0.2, -0.15) is 13.2 Å². The number of pyridine rings is 1. The van der Waals surface area contributed by atoms with Crippen molar-refractivity contribution in [1.82, 2.24) is 4.98 Å². The Morgan fingerprint density at radius 2 is 1.58 bits per heavy atom. The third-order valence-corrected chi connectivity index (χ3v) is 4.99. The molecule has 0 saturated heterocycles. The average Bonchev–Trinajstić information content (AvgIpc) is 2.86. The van der Waals surface area contributed by atoms with E-state index in [9.17, 15) is 18.0 Å². The molecule has 1 aliphatic rings. The number of hydrogen-bond acceptors (Lipinski definition) is 3. The number of halogens is 3. The highest BCUT2D eigenvalue weighted by Crippen LogP contribution is 2.37. The Balaban J connectivity index is 0.000000914. The number of hydrogen-bond donors (Lipinski definition) is 1. The van der Waals surface area contributed by atoms with Crippen LogP contribution >= 0.6 is 0 Å². The molecule has 0 aliphatic carbocycles. The van der Waals surface area contributed by atoms with Gasteiger partial charge in [0.15, 0.2) is 0 Å². The fourth-order valence-corrected chi connectivity index (χ4v) is 3.49. The summed E-state index contributed by atoms with van der Waals surface area (Å²) in [6, 6.07) is 14.5. The minimum Gasteiger partial charge on any atom is -0.365 e. The van der Waals surface area contributed by atoms with E-state index in [1.54, 1.807) is 0 Å². The second kappa shape index (κ2) is 12.0. The summed E-state index contributed by atoms with van der Waals surface area (Å²) in [4.78, 5) is 18.4. The van der Waals surface area contributed by atoms with Crippen LogP contribution in [0.4, 0.5) is 24.5 Å². The molecule has 0 spiro atoms. The molecule has 0 bridgehead atoms. The fraction of sp³-hybridized carbons (Fsp3) is 0.308. The number of anilines is 2.